The van der Waals surface area contributed by atoms with E-state index in [0.717, 1.165) is 12.8 Å². The van der Waals surface area contributed by atoms with Crippen LogP contribution in [0.5, 0.6) is 0 Å². The van der Waals surface area contributed by atoms with Crippen molar-refractivity contribution in [3.63, 3.8) is 0 Å². The third-order valence-electron chi connectivity index (χ3n) is 7.74. The first kappa shape index (κ1) is 30.8. The molecule has 0 spiro atoms. The van der Waals surface area contributed by atoms with E-state index in [2.05, 4.69) is 147 Å². The molecule has 2 aliphatic rings. The van der Waals surface area contributed by atoms with Crippen LogP contribution >= 0.6 is 0 Å². The van der Waals surface area contributed by atoms with Crippen LogP contribution in [0.3, 0.4) is 0 Å². The maximum atomic E-state index is 2.51. The average molecular weight is 787 g/mol. The van der Waals surface area contributed by atoms with E-state index in [0.29, 0.717) is 0 Å². The summed E-state index contributed by atoms with van der Waals surface area (Å²) in [5.74, 6) is 0. The van der Waals surface area contributed by atoms with E-state index in [1.165, 1.54) is 22.3 Å². The number of hydrogen-bond acceptors (Lipinski definition) is 0. The fraction of sp³-hybridized carbons (Fsp3) is 0.111. The molecule has 0 radical (unpaired) electrons. The summed E-state index contributed by atoms with van der Waals surface area (Å²) in [6.07, 6.45) is 7.28. The van der Waals surface area contributed by atoms with Crippen molar-refractivity contribution < 1.29 is 43.2 Å². The van der Waals surface area contributed by atoms with Gasteiger partial charge in [-0.05, 0) is 0 Å². The first-order chi connectivity index (χ1) is 18.7. The summed E-state index contributed by atoms with van der Waals surface area (Å²) in [6, 6.07) is 45.3. The Bertz CT molecular complexity index is 1510. The molecular formula is C36H32Cl2GeHf. The zero-order valence-corrected chi connectivity index (χ0v) is 30.1. The van der Waals surface area contributed by atoms with Crippen LogP contribution in [0.2, 0.25) is 0 Å². The summed E-state index contributed by atoms with van der Waals surface area (Å²) in [7, 11) is -1.85. The fourth-order valence-electron chi connectivity index (χ4n) is 5.85. The van der Waals surface area contributed by atoms with Gasteiger partial charge in [-0.3, -0.25) is 0 Å². The zero-order chi connectivity index (χ0) is 25.9. The first-order valence-electron chi connectivity index (χ1n) is 13.5. The maximum Gasteiger partial charge on any atom is -1.00 e. The third kappa shape index (κ3) is 6.49. The molecular weight excluding hydrogens is 754 g/mol. The monoisotopic (exact) mass is 788 g/mol. The molecule has 0 aromatic heterocycles. The molecule has 0 bridgehead atoms. The van der Waals surface area contributed by atoms with E-state index in [9.17, 15) is 0 Å². The summed E-state index contributed by atoms with van der Waals surface area (Å²) in [5, 5.41) is 0. The van der Waals surface area contributed by atoms with Crippen molar-refractivity contribution in [1.82, 2.24) is 0 Å². The predicted octanol–water partition coefficient (Wildman–Crippen LogP) is 1.94. The van der Waals surface area contributed by atoms with Gasteiger partial charge in [0.25, 0.3) is 0 Å². The van der Waals surface area contributed by atoms with Crippen molar-refractivity contribution in [3.8, 4) is 0 Å². The van der Waals surface area contributed by atoms with E-state index in [4.69, 9.17) is 0 Å². The van der Waals surface area contributed by atoms with E-state index < -0.39 is 28.4 Å². The summed E-state index contributed by atoms with van der Waals surface area (Å²) < 4.78 is 6.97. The molecule has 4 aromatic carbocycles. The molecule has 0 saturated carbocycles. The molecule has 0 unspecified atom stereocenters. The second-order valence-corrected chi connectivity index (χ2v) is 39.2. The van der Waals surface area contributed by atoms with Crippen LogP contribution in [0, 0.1) is 0 Å². The van der Waals surface area contributed by atoms with Crippen LogP contribution in [0.25, 0.3) is 11.1 Å². The van der Waals surface area contributed by atoms with Crippen molar-refractivity contribution in [3.05, 3.63) is 162 Å². The van der Waals surface area contributed by atoms with Gasteiger partial charge in [-0.15, -0.1) is 0 Å². The Morgan fingerprint density at radius 1 is 0.475 bits per heavy atom. The molecule has 40 heavy (non-hydrogen) atoms. The van der Waals surface area contributed by atoms with Gasteiger partial charge in [-0.1, -0.05) is 0 Å². The Morgan fingerprint density at radius 2 is 0.800 bits per heavy atom. The second-order valence-electron chi connectivity index (χ2n) is 10.2. The van der Waals surface area contributed by atoms with Crippen LogP contribution in [0.15, 0.2) is 151 Å². The topological polar surface area (TPSA) is 0 Å². The third-order valence-corrected chi connectivity index (χ3v) is 51.5. The fourth-order valence-corrected chi connectivity index (χ4v) is 56.6. The predicted molar refractivity (Wildman–Crippen MR) is 161 cm³/mol. The first-order valence-corrected chi connectivity index (χ1v) is 29.5. The van der Waals surface area contributed by atoms with Crippen molar-refractivity contribution in [1.29, 1.82) is 0 Å². The Hall–Kier alpha value is -2.17. The Kier molecular flexibility index (Phi) is 10.9. The number of allylic oxidation sites excluding steroid dienone is 8. The number of hydrogen-bond donors (Lipinski definition) is 0. The van der Waals surface area contributed by atoms with Crippen LogP contribution in [-0.4, -0.2) is 10.1 Å². The van der Waals surface area contributed by atoms with Crippen LogP contribution in [0.4, 0.5) is 0 Å². The smallest absolute Gasteiger partial charge is 1.00 e. The molecule has 198 valence electrons. The molecule has 0 nitrogen and oxygen atoms in total. The molecule has 0 atom stereocenters. The average Bonchev–Trinajstić information content (AvgIpc) is 3.56. The molecule has 4 aromatic rings. The van der Waals surface area contributed by atoms with Crippen molar-refractivity contribution >= 4 is 30.0 Å². The van der Waals surface area contributed by atoms with E-state index in [1.54, 1.807) is 19.9 Å². The van der Waals surface area contributed by atoms with Gasteiger partial charge in [-0.2, -0.15) is 0 Å². The minimum atomic E-state index is -2.58. The van der Waals surface area contributed by atoms with Gasteiger partial charge in [0.1, 0.15) is 0 Å². The maximum absolute atomic E-state index is 2.58. The molecule has 0 heterocycles. The van der Waals surface area contributed by atoms with Crippen LogP contribution in [-0.2, 0) is 18.3 Å². The van der Waals surface area contributed by atoms with Gasteiger partial charge >= 0.3 is 237 Å². The standard InChI is InChI=1S/C12H10Ge.2C12H11.2ClH.Hf/c1-3-7-11(8-4-1)13-12-9-5-2-6-10-12;2*1-10-7-8-12(9-10)11-5-3-2-4-6-11;;;/h1-10H;2*2-6,9H,8H2,1H3;2*1H;/q;;;;;+2/p-2. The number of halogens is 2. The Balaban J connectivity index is 0.00000185. The quantitative estimate of drug-likeness (QED) is 0.263. The zero-order valence-electron chi connectivity index (χ0n) is 22.9. The molecule has 0 fully saturated rings. The van der Waals surface area contributed by atoms with Crippen LogP contribution < -0.4 is 33.6 Å². The second kappa shape index (κ2) is 14.1. The van der Waals surface area contributed by atoms with Crippen LogP contribution in [0.1, 0.15) is 37.8 Å². The normalized spacial score (nSPS) is 14.0. The molecule has 0 aliphatic heterocycles. The summed E-state index contributed by atoms with van der Waals surface area (Å²) >= 11 is -2.58. The number of rotatable bonds is 6. The van der Waals surface area contributed by atoms with Gasteiger partial charge < -0.3 is 24.8 Å². The van der Waals surface area contributed by atoms with Gasteiger partial charge in [-0.25, -0.2) is 0 Å². The molecule has 0 saturated heterocycles. The van der Waals surface area contributed by atoms with Crippen molar-refractivity contribution in [2.45, 2.75) is 26.7 Å². The Morgan fingerprint density at radius 3 is 1.15 bits per heavy atom. The molecule has 4 heteroatoms. The van der Waals surface area contributed by atoms with Gasteiger partial charge in [0.15, 0.2) is 0 Å². The molecule has 0 amide bonds. The van der Waals surface area contributed by atoms with Gasteiger partial charge in [0.2, 0.25) is 0 Å². The van der Waals surface area contributed by atoms with Crippen molar-refractivity contribution in [2.24, 2.45) is 0 Å². The molecule has 0 N–H and O–H groups in total. The summed E-state index contributed by atoms with van der Waals surface area (Å²) in [6.45, 7) is 4.80. The summed E-state index contributed by atoms with van der Waals surface area (Å²) in [4.78, 5) is 0. The minimum absolute atomic E-state index is 0. The molecule has 6 rings (SSSR count). The van der Waals surface area contributed by atoms with E-state index in [-0.39, 0.29) is 24.8 Å². The van der Waals surface area contributed by atoms with E-state index in [1.807, 2.05) is 6.66 Å². The number of benzene rings is 4. The Labute approximate surface area is 260 Å². The van der Waals surface area contributed by atoms with E-state index >= 15 is 0 Å². The summed E-state index contributed by atoms with van der Waals surface area (Å²) in [5.41, 5.74) is 8.88. The largest absolute Gasteiger partial charge is 1.00 e. The minimum Gasteiger partial charge on any atom is -1.00 e. The molecule has 2 aliphatic carbocycles. The SMILES string of the molecule is CC1=[C]([Hf+2]([C]2=C(C)C=C(c3ccccc3)C2)=[Ge]([c]2ccccc2)[c]2ccccc2)CC(c2ccccc2)=C1.[Cl-].[Cl-]. The van der Waals surface area contributed by atoms with Gasteiger partial charge in [0.05, 0.1) is 0 Å². The van der Waals surface area contributed by atoms with Gasteiger partial charge in [0, 0.05) is 0 Å². The van der Waals surface area contributed by atoms with Crippen molar-refractivity contribution in [2.75, 3.05) is 0 Å².